The molecule has 0 radical (unpaired) electrons. The van der Waals surface area contributed by atoms with Crippen LogP contribution in [0.4, 0.5) is 5.69 Å². The molecular weight excluding hydrogens is 376 g/mol. The molecule has 1 heterocycles. The Balaban J connectivity index is 2.21. The molecule has 2 rings (SSSR count). The number of hydrogen-bond acceptors (Lipinski definition) is 4. The van der Waals surface area contributed by atoms with Crippen molar-refractivity contribution in [1.82, 2.24) is 0 Å². The summed E-state index contributed by atoms with van der Waals surface area (Å²) in [5.74, 6) is 1.37. The van der Waals surface area contributed by atoms with Gasteiger partial charge in [-0.15, -0.1) is 0 Å². The molecule has 1 aromatic heterocycles. The number of anilines is 1. The highest BCUT2D eigenvalue weighted by molar-refractivity contribution is 9.13. The Labute approximate surface area is 127 Å². The van der Waals surface area contributed by atoms with Crippen molar-refractivity contribution in [1.29, 1.82) is 5.26 Å². The third kappa shape index (κ3) is 3.11. The molecule has 0 aliphatic heterocycles. The van der Waals surface area contributed by atoms with Crippen molar-refractivity contribution >= 4 is 37.5 Å². The molecule has 0 saturated carbocycles. The summed E-state index contributed by atoms with van der Waals surface area (Å²) in [6.07, 6.45) is 0. The van der Waals surface area contributed by atoms with Crippen molar-refractivity contribution in [2.24, 2.45) is 0 Å². The van der Waals surface area contributed by atoms with Gasteiger partial charge in [0.1, 0.15) is 17.6 Å². The summed E-state index contributed by atoms with van der Waals surface area (Å²) in [4.78, 5) is 0. The number of nitrogens with zero attached hydrogens (tertiary/aromatic N) is 1. The minimum Gasteiger partial charge on any atom is -0.495 e. The minimum absolute atomic E-state index is 0.458. The number of rotatable bonds is 4. The zero-order chi connectivity index (χ0) is 13.8. The molecule has 0 amide bonds. The molecule has 6 heteroatoms. The van der Waals surface area contributed by atoms with Crippen LogP contribution in [0.25, 0.3) is 0 Å². The van der Waals surface area contributed by atoms with Gasteiger partial charge in [-0.25, -0.2) is 0 Å². The molecule has 0 fully saturated rings. The highest BCUT2D eigenvalue weighted by Crippen LogP contribution is 2.30. The van der Waals surface area contributed by atoms with Gasteiger partial charge >= 0.3 is 0 Å². The fraction of sp³-hybridized carbons (Fsp3) is 0.154. The second-order valence-corrected chi connectivity index (χ2v) is 5.26. The maximum atomic E-state index is 9.10. The maximum absolute atomic E-state index is 9.10. The number of ether oxygens (including phenoxy) is 1. The Hall–Kier alpha value is -1.45. The summed E-state index contributed by atoms with van der Waals surface area (Å²) in [5, 5.41) is 12.3. The van der Waals surface area contributed by atoms with Gasteiger partial charge in [-0.05, 0) is 50.1 Å². The predicted octanol–water partition coefficient (Wildman–Crippen LogP) is 4.30. The van der Waals surface area contributed by atoms with Crippen LogP contribution in [0.2, 0.25) is 0 Å². The van der Waals surface area contributed by atoms with Crippen molar-refractivity contribution in [3.63, 3.8) is 0 Å². The molecule has 1 aromatic carbocycles. The number of para-hydroxylation sites is 1. The second-order valence-electron chi connectivity index (χ2n) is 3.68. The van der Waals surface area contributed by atoms with Gasteiger partial charge < -0.3 is 14.5 Å². The van der Waals surface area contributed by atoms with E-state index in [9.17, 15) is 0 Å². The second kappa shape index (κ2) is 6.13. The standard InChI is InChI=1S/C13H10Br2N2O2/c1-18-11-4-2-3-8(6-16)12(11)17-7-9-5-10(14)13(15)19-9/h2-5,17H,7H2,1H3. The first-order chi connectivity index (χ1) is 9.15. The van der Waals surface area contributed by atoms with Gasteiger partial charge in [-0.3, -0.25) is 0 Å². The lowest BCUT2D eigenvalue weighted by Gasteiger charge is -2.11. The maximum Gasteiger partial charge on any atom is 0.183 e. The van der Waals surface area contributed by atoms with Crippen LogP contribution in [0.1, 0.15) is 11.3 Å². The van der Waals surface area contributed by atoms with E-state index in [0.717, 1.165) is 10.2 Å². The molecule has 19 heavy (non-hydrogen) atoms. The molecule has 98 valence electrons. The molecule has 0 aliphatic rings. The summed E-state index contributed by atoms with van der Waals surface area (Å²) < 4.78 is 12.2. The van der Waals surface area contributed by atoms with E-state index in [1.807, 2.05) is 6.07 Å². The largest absolute Gasteiger partial charge is 0.495 e. The van der Waals surface area contributed by atoms with Crippen molar-refractivity contribution in [2.75, 3.05) is 12.4 Å². The van der Waals surface area contributed by atoms with Crippen molar-refractivity contribution in [2.45, 2.75) is 6.54 Å². The molecule has 4 nitrogen and oxygen atoms in total. The van der Waals surface area contributed by atoms with Crippen molar-refractivity contribution in [3.8, 4) is 11.8 Å². The zero-order valence-electron chi connectivity index (χ0n) is 10.0. The van der Waals surface area contributed by atoms with Crippen molar-refractivity contribution < 1.29 is 9.15 Å². The average Bonchev–Trinajstić information content (AvgIpc) is 2.75. The zero-order valence-corrected chi connectivity index (χ0v) is 13.2. The molecule has 2 aromatic rings. The lowest BCUT2D eigenvalue weighted by atomic mass is 10.1. The number of benzene rings is 1. The fourth-order valence-corrected chi connectivity index (χ4v) is 2.29. The number of methoxy groups -OCH3 is 1. The number of halogens is 2. The van der Waals surface area contributed by atoms with Gasteiger partial charge in [-0.2, -0.15) is 5.26 Å². The first-order valence-electron chi connectivity index (χ1n) is 5.40. The van der Waals surface area contributed by atoms with E-state index < -0.39 is 0 Å². The molecule has 0 bridgehead atoms. The Morgan fingerprint density at radius 1 is 1.42 bits per heavy atom. The number of nitriles is 1. The van der Waals surface area contributed by atoms with Gasteiger partial charge in [0.2, 0.25) is 0 Å². The quantitative estimate of drug-likeness (QED) is 0.852. The van der Waals surface area contributed by atoms with Crippen LogP contribution in [0.15, 0.2) is 37.8 Å². The Kier molecular flexibility index (Phi) is 4.51. The third-order valence-electron chi connectivity index (χ3n) is 2.50. The van der Waals surface area contributed by atoms with E-state index in [1.54, 1.807) is 25.3 Å². The first-order valence-corrected chi connectivity index (χ1v) is 6.99. The molecule has 0 spiro atoms. The third-order valence-corrected chi connectivity index (χ3v) is 4.21. The van der Waals surface area contributed by atoms with Crippen LogP contribution < -0.4 is 10.1 Å². The normalized spacial score (nSPS) is 10.0. The predicted molar refractivity (Wildman–Crippen MR) is 79.1 cm³/mol. The minimum atomic E-state index is 0.458. The Bertz CT molecular complexity index is 613. The van der Waals surface area contributed by atoms with E-state index in [-0.39, 0.29) is 0 Å². The fourth-order valence-electron chi connectivity index (χ4n) is 1.63. The summed E-state index contributed by atoms with van der Waals surface area (Å²) >= 11 is 6.63. The average molecular weight is 386 g/mol. The van der Waals surface area contributed by atoms with E-state index >= 15 is 0 Å². The summed E-state index contributed by atoms with van der Waals surface area (Å²) in [5.41, 5.74) is 1.19. The topological polar surface area (TPSA) is 58.2 Å². The van der Waals surface area contributed by atoms with E-state index in [2.05, 4.69) is 43.2 Å². The lowest BCUT2D eigenvalue weighted by molar-refractivity contribution is 0.416. The van der Waals surface area contributed by atoms with Gasteiger partial charge in [0.25, 0.3) is 0 Å². The van der Waals surface area contributed by atoms with Crippen LogP contribution in [0.3, 0.4) is 0 Å². The van der Waals surface area contributed by atoms with Crippen molar-refractivity contribution in [3.05, 3.63) is 44.7 Å². The SMILES string of the molecule is COc1cccc(C#N)c1NCc1cc(Br)c(Br)o1. The van der Waals surface area contributed by atoms with Gasteiger partial charge in [0, 0.05) is 0 Å². The Morgan fingerprint density at radius 3 is 2.79 bits per heavy atom. The van der Waals surface area contributed by atoms with Gasteiger partial charge in [-0.1, -0.05) is 6.07 Å². The first kappa shape index (κ1) is 14.0. The smallest absolute Gasteiger partial charge is 0.183 e. The number of furan rings is 1. The van der Waals surface area contributed by atoms with Crippen LogP contribution in [-0.2, 0) is 6.54 Å². The lowest BCUT2D eigenvalue weighted by Crippen LogP contribution is -2.02. The summed E-state index contributed by atoms with van der Waals surface area (Å²) in [6, 6.07) is 9.31. The molecular formula is C13H10Br2N2O2. The van der Waals surface area contributed by atoms with Crippen LogP contribution in [0.5, 0.6) is 5.75 Å². The highest BCUT2D eigenvalue weighted by Gasteiger charge is 2.10. The molecule has 0 unspecified atom stereocenters. The number of nitrogens with one attached hydrogen (secondary N) is 1. The highest BCUT2D eigenvalue weighted by atomic mass is 79.9. The van der Waals surface area contributed by atoms with Crippen LogP contribution in [-0.4, -0.2) is 7.11 Å². The van der Waals surface area contributed by atoms with Crippen LogP contribution in [0, 0.1) is 11.3 Å². The van der Waals surface area contributed by atoms with E-state index in [0.29, 0.717) is 28.2 Å². The molecule has 0 saturated heterocycles. The number of hydrogen-bond donors (Lipinski definition) is 1. The Morgan fingerprint density at radius 2 is 2.21 bits per heavy atom. The van der Waals surface area contributed by atoms with Gasteiger partial charge in [0.05, 0.1) is 29.4 Å². The summed E-state index contributed by atoms with van der Waals surface area (Å²) in [6.45, 7) is 0.458. The molecule has 1 N–H and O–H groups in total. The molecule has 0 atom stereocenters. The van der Waals surface area contributed by atoms with E-state index in [1.165, 1.54) is 0 Å². The van der Waals surface area contributed by atoms with Gasteiger partial charge in [0.15, 0.2) is 4.67 Å². The molecule has 0 aliphatic carbocycles. The summed E-state index contributed by atoms with van der Waals surface area (Å²) in [7, 11) is 1.57. The van der Waals surface area contributed by atoms with Crippen LogP contribution >= 0.6 is 31.9 Å². The van der Waals surface area contributed by atoms with E-state index in [4.69, 9.17) is 14.4 Å². The monoisotopic (exact) mass is 384 g/mol.